The fourth-order valence-electron chi connectivity index (χ4n) is 3.72. The van der Waals surface area contributed by atoms with Gasteiger partial charge < -0.3 is 15.0 Å². The first kappa shape index (κ1) is 23.1. The van der Waals surface area contributed by atoms with Gasteiger partial charge in [0.1, 0.15) is 12.6 Å². The Morgan fingerprint density at radius 2 is 1.56 bits per heavy atom. The summed E-state index contributed by atoms with van der Waals surface area (Å²) in [6.45, 7) is -0.569. The van der Waals surface area contributed by atoms with E-state index in [-0.39, 0.29) is 12.0 Å². The van der Waals surface area contributed by atoms with Crippen LogP contribution in [0, 0.1) is 0 Å². The van der Waals surface area contributed by atoms with Crippen LogP contribution in [0.4, 0.5) is 13.2 Å². The fourth-order valence-corrected chi connectivity index (χ4v) is 3.72. The number of hydrogen-bond donors (Lipinski definition) is 2. The molecule has 0 saturated carbocycles. The summed E-state index contributed by atoms with van der Waals surface area (Å²) in [5.74, 6) is -1.32. The van der Waals surface area contributed by atoms with Gasteiger partial charge in [-0.15, -0.1) is 0 Å². The summed E-state index contributed by atoms with van der Waals surface area (Å²) < 4.78 is 45.1. The van der Waals surface area contributed by atoms with E-state index in [2.05, 4.69) is 10.3 Å². The number of carbonyl (C=O) groups is 2. The fraction of sp³-hybridized carbons (Fsp3) is 0.154. The van der Waals surface area contributed by atoms with E-state index in [1.165, 1.54) is 18.2 Å². The molecule has 1 unspecified atom stereocenters. The third-order valence-electron chi connectivity index (χ3n) is 5.42. The first-order valence-corrected chi connectivity index (χ1v) is 10.6. The van der Waals surface area contributed by atoms with Gasteiger partial charge in [-0.3, -0.25) is 4.79 Å². The molecule has 1 atom stereocenters. The number of alkyl halides is 3. The Labute approximate surface area is 193 Å². The molecule has 34 heavy (non-hydrogen) atoms. The summed E-state index contributed by atoms with van der Waals surface area (Å²) in [5, 5.41) is 3.54. The number of hydrogen-bond acceptors (Lipinski definition) is 3. The van der Waals surface area contributed by atoms with E-state index in [1.54, 1.807) is 36.5 Å². The van der Waals surface area contributed by atoms with Gasteiger partial charge in [0, 0.05) is 34.6 Å². The van der Waals surface area contributed by atoms with E-state index in [1.807, 2.05) is 24.3 Å². The highest BCUT2D eigenvalue weighted by Gasteiger charge is 2.33. The van der Waals surface area contributed by atoms with Crippen molar-refractivity contribution in [2.75, 3.05) is 0 Å². The van der Waals surface area contributed by atoms with Gasteiger partial charge in [0.2, 0.25) is 0 Å². The number of esters is 1. The number of para-hydroxylation sites is 1. The van der Waals surface area contributed by atoms with Crippen LogP contribution in [0.1, 0.15) is 27.0 Å². The number of aromatic amines is 1. The lowest BCUT2D eigenvalue weighted by Gasteiger charge is -2.19. The number of halogens is 3. The second kappa shape index (κ2) is 9.82. The number of H-pyrrole nitrogens is 1. The van der Waals surface area contributed by atoms with E-state index in [4.69, 9.17) is 4.74 Å². The monoisotopic (exact) mass is 466 g/mol. The number of rotatable bonds is 7. The van der Waals surface area contributed by atoms with Crippen molar-refractivity contribution < 1.29 is 27.5 Å². The zero-order valence-corrected chi connectivity index (χ0v) is 17.9. The third kappa shape index (κ3) is 5.28. The lowest BCUT2D eigenvalue weighted by molar-refractivity contribution is -0.149. The maximum Gasteiger partial charge on any atom is 0.416 e. The topological polar surface area (TPSA) is 71.2 Å². The lowest BCUT2D eigenvalue weighted by Crippen LogP contribution is -2.43. The summed E-state index contributed by atoms with van der Waals surface area (Å²) in [4.78, 5) is 28.8. The number of benzene rings is 3. The van der Waals surface area contributed by atoms with Crippen molar-refractivity contribution in [1.29, 1.82) is 0 Å². The van der Waals surface area contributed by atoms with Crippen molar-refractivity contribution in [2.45, 2.75) is 25.2 Å². The van der Waals surface area contributed by atoms with Crippen molar-refractivity contribution in [3.8, 4) is 0 Å². The minimum absolute atomic E-state index is 0.0995. The van der Waals surface area contributed by atoms with E-state index in [0.717, 1.165) is 22.5 Å². The van der Waals surface area contributed by atoms with Crippen molar-refractivity contribution in [3.05, 3.63) is 107 Å². The number of carbonyl (C=O) groups excluding carboxylic acids is 2. The molecular weight excluding hydrogens is 445 g/mol. The molecule has 0 aliphatic heterocycles. The smallest absolute Gasteiger partial charge is 0.416 e. The van der Waals surface area contributed by atoms with E-state index < -0.39 is 36.3 Å². The second-order valence-electron chi connectivity index (χ2n) is 7.72. The van der Waals surface area contributed by atoms with Crippen LogP contribution < -0.4 is 5.32 Å². The summed E-state index contributed by atoms with van der Waals surface area (Å²) >= 11 is 0. The largest absolute Gasteiger partial charge is 0.459 e. The zero-order valence-electron chi connectivity index (χ0n) is 17.9. The van der Waals surface area contributed by atoms with E-state index >= 15 is 0 Å². The molecule has 2 N–H and O–H groups in total. The van der Waals surface area contributed by atoms with Crippen LogP contribution in [-0.4, -0.2) is 22.9 Å². The van der Waals surface area contributed by atoms with Crippen LogP contribution in [0.25, 0.3) is 10.9 Å². The lowest BCUT2D eigenvalue weighted by atomic mass is 10.0. The van der Waals surface area contributed by atoms with Crippen LogP contribution >= 0.6 is 0 Å². The maximum atomic E-state index is 13.3. The molecule has 0 radical (unpaired) electrons. The first-order valence-electron chi connectivity index (χ1n) is 10.6. The molecule has 0 saturated heterocycles. The minimum atomic E-state index is -4.58. The Morgan fingerprint density at radius 1 is 0.882 bits per heavy atom. The number of amides is 1. The number of fused-ring (bicyclic) bond motifs is 1. The van der Waals surface area contributed by atoms with Crippen molar-refractivity contribution in [1.82, 2.24) is 10.3 Å². The second-order valence-corrected chi connectivity index (χ2v) is 7.72. The van der Waals surface area contributed by atoms with Crippen molar-refractivity contribution in [2.24, 2.45) is 0 Å². The SMILES string of the molecule is O=C(NC(Cc1c[nH]c2ccccc12)C(=O)OCc1ccccc1C(F)(F)F)c1ccccc1. The van der Waals surface area contributed by atoms with Gasteiger partial charge in [0.05, 0.1) is 5.56 Å². The quantitative estimate of drug-likeness (QED) is 0.365. The highest BCUT2D eigenvalue weighted by Crippen LogP contribution is 2.32. The van der Waals surface area contributed by atoms with Crippen LogP contribution in [0.2, 0.25) is 0 Å². The van der Waals surface area contributed by atoms with Gasteiger partial charge in [-0.1, -0.05) is 54.6 Å². The first-order chi connectivity index (χ1) is 16.3. The Hall–Kier alpha value is -4.07. The van der Waals surface area contributed by atoms with E-state index in [0.29, 0.717) is 5.56 Å². The maximum absolute atomic E-state index is 13.3. The molecule has 1 heterocycles. The molecule has 1 aromatic heterocycles. The van der Waals surface area contributed by atoms with Crippen molar-refractivity contribution in [3.63, 3.8) is 0 Å². The Kier molecular flexibility index (Phi) is 6.67. The predicted molar refractivity (Wildman–Crippen MR) is 121 cm³/mol. The zero-order chi connectivity index (χ0) is 24.1. The minimum Gasteiger partial charge on any atom is -0.459 e. The number of ether oxygens (including phenoxy) is 1. The van der Waals surface area contributed by atoms with Gasteiger partial charge in [-0.25, -0.2) is 4.79 Å². The molecular formula is C26H21F3N2O3. The molecule has 0 aliphatic rings. The average molecular weight is 466 g/mol. The average Bonchev–Trinajstić information content (AvgIpc) is 3.25. The molecule has 8 heteroatoms. The van der Waals surface area contributed by atoms with Crippen LogP contribution in [0.15, 0.2) is 85.1 Å². The predicted octanol–water partition coefficient (Wildman–Crippen LogP) is 5.27. The third-order valence-corrected chi connectivity index (χ3v) is 5.42. The number of aromatic nitrogens is 1. The van der Waals surface area contributed by atoms with Gasteiger partial charge in [-0.2, -0.15) is 13.2 Å². The molecule has 0 fully saturated rings. The Balaban J connectivity index is 1.56. The molecule has 5 nitrogen and oxygen atoms in total. The molecule has 4 rings (SSSR count). The van der Waals surface area contributed by atoms with Gasteiger partial charge in [0.25, 0.3) is 5.91 Å². The molecule has 4 aromatic rings. The standard InChI is InChI=1S/C26H21F3N2O3/c27-26(28,29)21-12-6-4-10-18(21)16-34-25(33)23(31-24(32)17-8-2-1-3-9-17)14-19-15-30-22-13-7-5-11-20(19)22/h1-13,15,23,30H,14,16H2,(H,31,32). The number of nitrogens with one attached hydrogen (secondary N) is 2. The molecule has 0 spiro atoms. The molecule has 0 bridgehead atoms. The Bertz CT molecular complexity index is 1300. The molecule has 1 amide bonds. The molecule has 174 valence electrons. The highest BCUT2D eigenvalue weighted by atomic mass is 19.4. The van der Waals surface area contributed by atoms with Crippen LogP contribution in [0.5, 0.6) is 0 Å². The van der Waals surface area contributed by atoms with Gasteiger partial charge in [0.15, 0.2) is 0 Å². The Morgan fingerprint density at radius 3 is 2.32 bits per heavy atom. The summed E-state index contributed by atoms with van der Waals surface area (Å²) in [6.07, 6.45) is -2.74. The normalized spacial score (nSPS) is 12.3. The summed E-state index contributed by atoms with van der Waals surface area (Å²) in [6, 6.07) is 19.6. The van der Waals surface area contributed by atoms with Crippen LogP contribution in [-0.2, 0) is 28.7 Å². The van der Waals surface area contributed by atoms with Gasteiger partial charge in [-0.05, 0) is 29.8 Å². The summed E-state index contributed by atoms with van der Waals surface area (Å²) in [7, 11) is 0. The highest BCUT2D eigenvalue weighted by molar-refractivity contribution is 5.97. The van der Waals surface area contributed by atoms with E-state index in [9.17, 15) is 22.8 Å². The summed E-state index contributed by atoms with van der Waals surface area (Å²) in [5.41, 5.74) is 0.939. The molecule has 3 aromatic carbocycles. The van der Waals surface area contributed by atoms with Gasteiger partial charge >= 0.3 is 12.1 Å². The molecule has 0 aliphatic carbocycles. The van der Waals surface area contributed by atoms with Crippen molar-refractivity contribution >= 4 is 22.8 Å². The van der Waals surface area contributed by atoms with Crippen LogP contribution in [0.3, 0.4) is 0 Å².